The van der Waals surface area contributed by atoms with E-state index in [1.807, 2.05) is 24.3 Å². The zero-order valence-corrected chi connectivity index (χ0v) is 11.4. The molecule has 0 aliphatic carbocycles. The number of nitrogens with one attached hydrogen (secondary N) is 1. The first-order valence-electron chi connectivity index (χ1n) is 5.23. The molecule has 0 saturated heterocycles. The molecule has 0 amide bonds. The molecule has 94 valence electrons. The van der Waals surface area contributed by atoms with E-state index in [1.165, 1.54) is 0 Å². The fourth-order valence-corrected chi connectivity index (χ4v) is 2.75. The molecule has 0 bridgehead atoms. The van der Waals surface area contributed by atoms with Gasteiger partial charge in [-0.25, -0.2) is 0 Å². The normalized spacial score (nSPS) is 14.3. The predicted molar refractivity (Wildman–Crippen MR) is 72.7 cm³/mol. The minimum atomic E-state index is -0.897. The molecule has 1 unspecified atom stereocenters. The molecule has 5 heteroatoms. The van der Waals surface area contributed by atoms with E-state index < -0.39 is 11.5 Å². The highest BCUT2D eigenvalue weighted by Crippen LogP contribution is 2.23. The van der Waals surface area contributed by atoms with Crippen LogP contribution in [0.5, 0.6) is 0 Å². The van der Waals surface area contributed by atoms with Gasteiger partial charge in [0.2, 0.25) is 0 Å². The average Bonchev–Trinajstić information content (AvgIpc) is 2.31. The second-order valence-corrected chi connectivity index (χ2v) is 5.36. The smallest absolute Gasteiger partial charge is 0.324 e. The highest BCUT2D eigenvalue weighted by atomic mass is 35.5. The van der Waals surface area contributed by atoms with Crippen LogP contribution in [0.3, 0.4) is 0 Å². The summed E-state index contributed by atoms with van der Waals surface area (Å²) in [5, 5.41) is 12.6. The lowest BCUT2D eigenvalue weighted by Gasteiger charge is -2.23. The Kier molecular flexibility index (Phi) is 5.31. The number of carboxylic acid groups (broad SMARTS) is 1. The van der Waals surface area contributed by atoms with Crippen molar-refractivity contribution in [1.82, 2.24) is 5.32 Å². The maximum atomic E-state index is 11.1. The molecular weight excluding hydrogens is 258 g/mol. The molecule has 1 aromatic rings. The van der Waals surface area contributed by atoms with E-state index >= 15 is 0 Å². The number of carbonyl (C=O) groups is 1. The minimum absolute atomic E-state index is 0.490. The number of carboxylic acids is 1. The van der Waals surface area contributed by atoms with E-state index in [1.54, 1.807) is 25.7 Å². The number of benzene rings is 1. The standard InChI is InChI=1S/C12H16ClNO2S/c1-12(14-2,11(15)16)8-17-7-9-5-3-4-6-10(9)13/h3-6,14H,7-8H2,1-2H3,(H,15,16). The van der Waals surface area contributed by atoms with Gasteiger partial charge >= 0.3 is 5.97 Å². The first kappa shape index (κ1) is 14.4. The maximum Gasteiger partial charge on any atom is 0.324 e. The van der Waals surface area contributed by atoms with Gasteiger partial charge in [0.1, 0.15) is 5.54 Å². The predicted octanol–water partition coefficient (Wildman–Crippen LogP) is 2.64. The van der Waals surface area contributed by atoms with Gasteiger partial charge in [0.05, 0.1) is 0 Å². The van der Waals surface area contributed by atoms with Crippen molar-refractivity contribution in [2.45, 2.75) is 18.2 Å². The molecular formula is C12H16ClNO2S. The van der Waals surface area contributed by atoms with Crippen LogP contribution in [0.2, 0.25) is 5.02 Å². The molecule has 3 nitrogen and oxygen atoms in total. The highest BCUT2D eigenvalue weighted by molar-refractivity contribution is 7.98. The Morgan fingerprint density at radius 1 is 1.53 bits per heavy atom. The summed E-state index contributed by atoms with van der Waals surface area (Å²) in [7, 11) is 1.66. The molecule has 0 spiro atoms. The van der Waals surface area contributed by atoms with Gasteiger partial charge in [0.25, 0.3) is 0 Å². The topological polar surface area (TPSA) is 49.3 Å². The Bertz CT molecular complexity index is 400. The number of hydrogen-bond donors (Lipinski definition) is 2. The minimum Gasteiger partial charge on any atom is -0.480 e. The Morgan fingerprint density at radius 2 is 2.18 bits per heavy atom. The summed E-state index contributed by atoms with van der Waals surface area (Å²) in [6.07, 6.45) is 0. The summed E-state index contributed by atoms with van der Waals surface area (Å²) in [5.74, 6) is 0.362. The largest absolute Gasteiger partial charge is 0.480 e. The first-order chi connectivity index (χ1) is 7.99. The zero-order chi connectivity index (χ0) is 12.9. The highest BCUT2D eigenvalue weighted by Gasteiger charge is 2.30. The summed E-state index contributed by atoms with van der Waals surface area (Å²) in [4.78, 5) is 11.1. The van der Waals surface area contributed by atoms with Gasteiger partial charge in [-0.05, 0) is 25.6 Å². The molecule has 17 heavy (non-hydrogen) atoms. The van der Waals surface area contributed by atoms with Gasteiger partial charge in [-0.3, -0.25) is 4.79 Å². The summed E-state index contributed by atoms with van der Waals surface area (Å²) >= 11 is 7.58. The van der Waals surface area contributed by atoms with Crippen LogP contribution in [0.1, 0.15) is 12.5 Å². The summed E-state index contributed by atoms with van der Waals surface area (Å²) in [6, 6.07) is 7.60. The third kappa shape index (κ3) is 3.91. The van der Waals surface area contributed by atoms with Crippen molar-refractivity contribution in [3.8, 4) is 0 Å². The summed E-state index contributed by atoms with van der Waals surface area (Å²) in [6.45, 7) is 1.68. The third-order valence-corrected chi connectivity index (χ3v) is 4.30. The first-order valence-corrected chi connectivity index (χ1v) is 6.76. The molecule has 0 aromatic heterocycles. The van der Waals surface area contributed by atoms with Crippen molar-refractivity contribution >= 4 is 29.3 Å². The van der Waals surface area contributed by atoms with Crippen LogP contribution in [0.4, 0.5) is 0 Å². The van der Waals surface area contributed by atoms with Crippen LogP contribution in [-0.2, 0) is 10.5 Å². The van der Waals surface area contributed by atoms with Crippen LogP contribution < -0.4 is 5.32 Å². The number of hydrogen-bond acceptors (Lipinski definition) is 3. The lowest BCUT2D eigenvalue weighted by atomic mass is 10.1. The van der Waals surface area contributed by atoms with Crippen LogP contribution in [0.15, 0.2) is 24.3 Å². The van der Waals surface area contributed by atoms with Gasteiger partial charge in [-0.15, -0.1) is 0 Å². The number of likely N-dealkylation sites (N-methyl/N-ethyl adjacent to an activating group) is 1. The van der Waals surface area contributed by atoms with E-state index in [-0.39, 0.29) is 0 Å². The van der Waals surface area contributed by atoms with Crippen molar-refractivity contribution in [3.63, 3.8) is 0 Å². The molecule has 0 fully saturated rings. The van der Waals surface area contributed by atoms with E-state index in [2.05, 4.69) is 5.32 Å². The molecule has 0 aliphatic heterocycles. The lowest BCUT2D eigenvalue weighted by Crippen LogP contribution is -2.49. The van der Waals surface area contributed by atoms with Crippen LogP contribution in [-0.4, -0.2) is 29.4 Å². The Morgan fingerprint density at radius 3 is 2.71 bits per heavy atom. The zero-order valence-electron chi connectivity index (χ0n) is 9.87. The Hall–Kier alpha value is -0.710. The van der Waals surface area contributed by atoms with Crippen molar-refractivity contribution in [3.05, 3.63) is 34.9 Å². The van der Waals surface area contributed by atoms with Crippen molar-refractivity contribution in [2.24, 2.45) is 0 Å². The fraction of sp³-hybridized carbons (Fsp3) is 0.417. The molecule has 1 aromatic carbocycles. The van der Waals surface area contributed by atoms with E-state index in [9.17, 15) is 4.79 Å². The lowest BCUT2D eigenvalue weighted by molar-refractivity contribution is -0.142. The number of halogens is 1. The van der Waals surface area contributed by atoms with Gasteiger partial charge in [-0.1, -0.05) is 29.8 Å². The Labute approximate surface area is 111 Å². The van der Waals surface area contributed by atoms with Crippen molar-refractivity contribution < 1.29 is 9.90 Å². The molecule has 0 radical (unpaired) electrons. The quantitative estimate of drug-likeness (QED) is 0.837. The fourth-order valence-electron chi connectivity index (χ4n) is 1.22. The van der Waals surface area contributed by atoms with Gasteiger partial charge < -0.3 is 10.4 Å². The Balaban J connectivity index is 2.53. The number of rotatable bonds is 6. The molecule has 0 saturated carbocycles. The summed E-state index contributed by atoms with van der Waals surface area (Å²) < 4.78 is 0. The second kappa shape index (κ2) is 6.28. The second-order valence-electron chi connectivity index (χ2n) is 3.97. The van der Waals surface area contributed by atoms with Gasteiger partial charge in [0, 0.05) is 16.5 Å². The average molecular weight is 274 g/mol. The van der Waals surface area contributed by atoms with Gasteiger partial charge in [-0.2, -0.15) is 11.8 Å². The van der Waals surface area contributed by atoms with Crippen molar-refractivity contribution in [1.29, 1.82) is 0 Å². The van der Waals surface area contributed by atoms with E-state index in [0.717, 1.165) is 10.6 Å². The van der Waals surface area contributed by atoms with E-state index in [0.29, 0.717) is 11.5 Å². The SMILES string of the molecule is CNC(C)(CSCc1ccccc1Cl)C(=O)O. The third-order valence-electron chi connectivity index (χ3n) is 2.63. The monoisotopic (exact) mass is 273 g/mol. The van der Waals surface area contributed by atoms with Gasteiger partial charge in [0.15, 0.2) is 0 Å². The van der Waals surface area contributed by atoms with Crippen LogP contribution in [0.25, 0.3) is 0 Å². The van der Waals surface area contributed by atoms with E-state index in [4.69, 9.17) is 16.7 Å². The summed E-state index contributed by atoms with van der Waals surface area (Å²) in [5.41, 5.74) is 0.134. The molecule has 0 heterocycles. The molecule has 2 N–H and O–H groups in total. The molecule has 1 atom stereocenters. The number of thioether (sulfide) groups is 1. The van der Waals surface area contributed by atoms with Crippen LogP contribution in [0, 0.1) is 0 Å². The van der Waals surface area contributed by atoms with Crippen LogP contribution >= 0.6 is 23.4 Å². The number of aliphatic carboxylic acids is 1. The molecule has 1 rings (SSSR count). The maximum absolute atomic E-state index is 11.1. The molecule has 0 aliphatic rings. The van der Waals surface area contributed by atoms with Crippen molar-refractivity contribution in [2.75, 3.05) is 12.8 Å².